The molecule has 2 aromatic carbocycles. The zero-order chi connectivity index (χ0) is 22.4. The van der Waals surface area contributed by atoms with Gasteiger partial charge in [-0.15, -0.1) is 0 Å². The average molecular weight is 440 g/mol. The molecule has 0 aliphatic carbocycles. The number of esters is 1. The number of carbonyl (C=O) groups excluding carboxylic acids is 1. The van der Waals surface area contributed by atoms with Gasteiger partial charge in [0.05, 0.1) is 25.8 Å². The zero-order valence-electron chi connectivity index (χ0n) is 18.0. The third kappa shape index (κ3) is 5.00. The highest BCUT2D eigenvalue weighted by Crippen LogP contribution is 2.27. The maximum absolute atomic E-state index is 13.5. The van der Waals surface area contributed by atoms with Crippen LogP contribution in [0.15, 0.2) is 53.3 Å². The van der Waals surface area contributed by atoms with Crippen LogP contribution in [0.5, 0.6) is 5.75 Å². The fourth-order valence-corrected chi connectivity index (χ4v) is 3.64. The maximum atomic E-state index is 13.5. The number of pyridine rings is 1. The van der Waals surface area contributed by atoms with E-state index in [1.165, 1.54) is 0 Å². The van der Waals surface area contributed by atoms with Crippen LogP contribution in [0.1, 0.15) is 48.2 Å². The Hall–Kier alpha value is -3.05. The van der Waals surface area contributed by atoms with Gasteiger partial charge in [0, 0.05) is 16.0 Å². The molecule has 0 aliphatic heterocycles. The molecule has 6 heteroatoms. The SMILES string of the molecule is CCCC=Cc1c(C(=O)OCC)c(=O)n(Cc2ccc(OC)cc2)c2ccc(Cl)cc12. The van der Waals surface area contributed by atoms with Gasteiger partial charge in [-0.1, -0.05) is 49.2 Å². The summed E-state index contributed by atoms with van der Waals surface area (Å²) in [5, 5.41) is 1.26. The van der Waals surface area contributed by atoms with E-state index in [-0.39, 0.29) is 17.7 Å². The van der Waals surface area contributed by atoms with E-state index < -0.39 is 5.97 Å². The van der Waals surface area contributed by atoms with Crippen LogP contribution < -0.4 is 10.3 Å². The molecule has 3 aromatic rings. The first kappa shape index (κ1) is 22.6. The number of unbranched alkanes of at least 4 members (excludes halogenated alkanes) is 1. The first-order chi connectivity index (χ1) is 15.0. The standard InChI is InChI=1S/C25H26ClNO4/c1-4-6-7-8-20-21-15-18(26)11-14-22(21)27(24(28)23(20)25(29)31-5-2)16-17-9-12-19(30-3)13-10-17/h7-15H,4-6,16H2,1-3H3. The van der Waals surface area contributed by atoms with E-state index in [0.29, 0.717) is 22.6 Å². The predicted molar refractivity (Wildman–Crippen MR) is 125 cm³/mol. The first-order valence-corrected chi connectivity index (χ1v) is 10.7. The van der Waals surface area contributed by atoms with Crippen molar-refractivity contribution in [3.8, 4) is 5.75 Å². The summed E-state index contributed by atoms with van der Waals surface area (Å²) >= 11 is 6.29. The van der Waals surface area contributed by atoms with E-state index in [1.54, 1.807) is 30.7 Å². The first-order valence-electron chi connectivity index (χ1n) is 10.3. The van der Waals surface area contributed by atoms with Crippen LogP contribution in [0.2, 0.25) is 5.02 Å². The minimum absolute atomic E-state index is 0.0254. The van der Waals surface area contributed by atoms with Crippen LogP contribution in [0.25, 0.3) is 17.0 Å². The van der Waals surface area contributed by atoms with Crippen LogP contribution in [0.3, 0.4) is 0 Å². The summed E-state index contributed by atoms with van der Waals surface area (Å²) in [7, 11) is 1.60. The van der Waals surface area contributed by atoms with Crippen molar-refractivity contribution in [2.45, 2.75) is 33.2 Å². The molecule has 1 aromatic heterocycles. The topological polar surface area (TPSA) is 57.5 Å². The number of aromatic nitrogens is 1. The normalized spacial score (nSPS) is 11.2. The van der Waals surface area contributed by atoms with Crippen molar-refractivity contribution in [1.82, 2.24) is 4.57 Å². The van der Waals surface area contributed by atoms with Crippen LogP contribution in [-0.2, 0) is 11.3 Å². The van der Waals surface area contributed by atoms with Gasteiger partial charge in [0.1, 0.15) is 11.3 Å². The van der Waals surface area contributed by atoms with Gasteiger partial charge in [0.2, 0.25) is 0 Å². The molecular weight excluding hydrogens is 414 g/mol. The summed E-state index contributed by atoms with van der Waals surface area (Å²) in [6.07, 6.45) is 5.58. The van der Waals surface area contributed by atoms with Crippen LogP contribution in [-0.4, -0.2) is 24.3 Å². The molecule has 5 nitrogen and oxygen atoms in total. The molecule has 0 bridgehead atoms. The second kappa shape index (κ2) is 10.3. The molecule has 0 aliphatic rings. The lowest BCUT2D eigenvalue weighted by Crippen LogP contribution is -2.29. The number of hydrogen-bond donors (Lipinski definition) is 0. The molecule has 0 spiro atoms. The van der Waals surface area contributed by atoms with Crippen LogP contribution >= 0.6 is 11.6 Å². The van der Waals surface area contributed by atoms with Crippen LogP contribution in [0, 0.1) is 0 Å². The Bertz CT molecular complexity index is 1160. The van der Waals surface area contributed by atoms with E-state index in [9.17, 15) is 9.59 Å². The Morgan fingerprint density at radius 3 is 2.52 bits per heavy atom. The Morgan fingerprint density at radius 1 is 1.13 bits per heavy atom. The van der Waals surface area contributed by atoms with Gasteiger partial charge in [0.15, 0.2) is 0 Å². The lowest BCUT2D eigenvalue weighted by Gasteiger charge is -2.16. The number of benzene rings is 2. The Balaban J connectivity index is 2.28. The zero-order valence-corrected chi connectivity index (χ0v) is 18.7. The quantitative estimate of drug-likeness (QED) is 0.422. The molecule has 3 rings (SSSR count). The summed E-state index contributed by atoms with van der Waals surface area (Å²) in [6.45, 7) is 4.27. The van der Waals surface area contributed by atoms with Crippen molar-refractivity contribution in [2.75, 3.05) is 13.7 Å². The van der Waals surface area contributed by atoms with Gasteiger partial charge in [-0.25, -0.2) is 4.79 Å². The van der Waals surface area contributed by atoms with Crippen molar-refractivity contribution in [2.24, 2.45) is 0 Å². The van der Waals surface area contributed by atoms with E-state index in [0.717, 1.165) is 29.5 Å². The molecule has 31 heavy (non-hydrogen) atoms. The molecule has 0 saturated heterocycles. The number of rotatable bonds is 8. The van der Waals surface area contributed by atoms with E-state index in [1.807, 2.05) is 42.5 Å². The summed E-state index contributed by atoms with van der Waals surface area (Å²) in [5.74, 6) is 0.102. The Morgan fingerprint density at radius 2 is 1.87 bits per heavy atom. The smallest absolute Gasteiger partial charge is 0.344 e. The largest absolute Gasteiger partial charge is 0.497 e. The molecule has 0 saturated carbocycles. The molecular formula is C25H26ClNO4. The molecule has 0 fully saturated rings. The molecule has 0 atom stereocenters. The van der Waals surface area contributed by atoms with E-state index in [2.05, 4.69) is 6.92 Å². The van der Waals surface area contributed by atoms with Gasteiger partial charge in [-0.2, -0.15) is 0 Å². The highest BCUT2D eigenvalue weighted by molar-refractivity contribution is 6.31. The third-order valence-corrected chi connectivity index (χ3v) is 5.22. The molecule has 162 valence electrons. The van der Waals surface area contributed by atoms with E-state index >= 15 is 0 Å². The number of ether oxygens (including phenoxy) is 2. The summed E-state index contributed by atoms with van der Waals surface area (Å²) in [6, 6.07) is 12.8. The van der Waals surface area contributed by atoms with Gasteiger partial charge >= 0.3 is 5.97 Å². The van der Waals surface area contributed by atoms with Crippen molar-refractivity contribution < 1.29 is 14.3 Å². The monoisotopic (exact) mass is 439 g/mol. The van der Waals surface area contributed by atoms with Gasteiger partial charge in [-0.3, -0.25) is 4.79 Å². The fourth-order valence-electron chi connectivity index (χ4n) is 3.47. The highest BCUT2D eigenvalue weighted by Gasteiger charge is 2.22. The second-order valence-electron chi connectivity index (χ2n) is 7.10. The Kier molecular flexibility index (Phi) is 7.53. The number of allylic oxidation sites excluding steroid dienone is 1. The second-order valence-corrected chi connectivity index (χ2v) is 7.54. The molecule has 0 amide bonds. The molecule has 0 unspecified atom stereocenters. The summed E-state index contributed by atoms with van der Waals surface area (Å²) in [5.41, 5.74) is 1.79. The fraction of sp³-hybridized carbons (Fsp3) is 0.280. The number of methoxy groups -OCH3 is 1. The van der Waals surface area contributed by atoms with Crippen LogP contribution in [0.4, 0.5) is 0 Å². The minimum Gasteiger partial charge on any atom is -0.497 e. The maximum Gasteiger partial charge on any atom is 0.344 e. The number of carbonyl (C=O) groups is 1. The number of nitrogens with zero attached hydrogens (tertiary/aromatic N) is 1. The summed E-state index contributed by atoms with van der Waals surface area (Å²) < 4.78 is 12.0. The van der Waals surface area contributed by atoms with E-state index in [4.69, 9.17) is 21.1 Å². The lowest BCUT2D eigenvalue weighted by atomic mass is 10.0. The molecule has 0 N–H and O–H groups in total. The highest BCUT2D eigenvalue weighted by atomic mass is 35.5. The molecule has 1 heterocycles. The van der Waals surface area contributed by atoms with Crippen molar-refractivity contribution in [1.29, 1.82) is 0 Å². The van der Waals surface area contributed by atoms with Gasteiger partial charge < -0.3 is 14.0 Å². The Labute approximate surface area is 186 Å². The van der Waals surface area contributed by atoms with Gasteiger partial charge in [0.25, 0.3) is 5.56 Å². The average Bonchev–Trinajstić information content (AvgIpc) is 2.77. The van der Waals surface area contributed by atoms with Gasteiger partial charge in [-0.05, 0) is 49.2 Å². The van der Waals surface area contributed by atoms with Crippen molar-refractivity contribution in [3.05, 3.63) is 80.6 Å². The number of halogens is 1. The third-order valence-electron chi connectivity index (χ3n) is 4.99. The predicted octanol–water partition coefficient (Wildman–Crippen LogP) is 5.70. The number of hydrogen-bond acceptors (Lipinski definition) is 4. The van der Waals surface area contributed by atoms with Crippen molar-refractivity contribution >= 4 is 34.5 Å². The van der Waals surface area contributed by atoms with Crippen molar-refractivity contribution in [3.63, 3.8) is 0 Å². The minimum atomic E-state index is -0.631. The molecule has 0 radical (unpaired) electrons. The number of fused-ring (bicyclic) bond motifs is 1. The lowest BCUT2D eigenvalue weighted by molar-refractivity contribution is 0.0523. The summed E-state index contributed by atoms with van der Waals surface area (Å²) in [4.78, 5) is 26.4.